The summed E-state index contributed by atoms with van der Waals surface area (Å²) in [6, 6.07) is 11.0. The van der Waals surface area contributed by atoms with E-state index >= 15 is 0 Å². The van der Waals surface area contributed by atoms with E-state index in [1.54, 1.807) is 0 Å². The van der Waals surface area contributed by atoms with Crippen molar-refractivity contribution in [3.8, 4) is 0 Å². The Morgan fingerprint density at radius 2 is 1.93 bits per heavy atom. The molecule has 0 amide bonds. The lowest BCUT2D eigenvalue weighted by Gasteiger charge is -2.27. The molecule has 1 heterocycles. The van der Waals surface area contributed by atoms with Crippen molar-refractivity contribution in [3.05, 3.63) is 35.9 Å². The second kappa shape index (κ2) is 3.56. The van der Waals surface area contributed by atoms with Gasteiger partial charge in [-0.1, -0.05) is 44.2 Å². The van der Waals surface area contributed by atoms with Gasteiger partial charge in [0.2, 0.25) is 0 Å². The maximum Gasteiger partial charge on any atom is 0.0745 e. The Balaban J connectivity index is 2.17. The first kappa shape index (κ1) is 9.45. The molecule has 0 N–H and O–H groups in total. The van der Waals surface area contributed by atoms with Gasteiger partial charge in [-0.25, -0.2) is 0 Å². The Hall–Kier alpha value is -1.11. The second-order valence-electron chi connectivity index (χ2n) is 4.73. The summed E-state index contributed by atoms with van der Waals surface area (Å²) < 4.78 is 0. The molecule has 1 aromatic carbocycles. The van der Waals surface area contributed by atoms with E-state index in [-0.39, 0.29) is 0 Å². The highest BCUT2D eigenvalue weighted by molar-refractivity contribution is 5.66. The van der Waals surface area contributed by atoms with E-state index in [1.807, 2.05) is 0 Å². The number of benzene rings is 1. The van der Waals surface area contributed by atoms with Gasteiger partial charge in [-0.3, -0.25) is 4.99 Å². The van der Waals surface area contributed by atoms with E-state index in [0.717, 1.165) is 0 Å². The van der Waals surface area contributed by atoms with Crippen LogP contribution >= 0.6 is 0 Å². The maximum absolute atomic E-state index is 4.63. The number of hydrogen-bond acceptors (Lipinski definition) is 1. The first-order valence-corrected chi connectivity index (χ1v) is 5.27. The van der Waals surface area contributed by atoms with Gasteiger partial charge >= 0.3 is 0 Å². The SMILES string of the molecule is CC1(C)C=N[C@@H](c2ccccc2)CC1. The fraction of sp³-hybridized carbons (Fsp3) is 0.462. The summed E-state index contributed by atoms with van der Waals surface area (Å²) in [5.41, 5.74) is 1.64. The van der Waals surface area contributed by atoms with Crippen LogP contribution in [-0.2, 0) is 0 Å². The molecule has 0 spiro atoms. The largest absolute Gasteiger partial charge is 0.289 e. The summed E-state index contributed by atoms with van der Waals surface area (Å²) in [7, 11) is 0. The van der Waals surface area contributed by atoms with Gasteiger partial charge in [0.1, 0.15) is 0 Å². The van der Waals surface area contributed by atoms with Crippen LogP contribution in [0.25, 0.3) is 0 Å². The highest BCUT2D eigenvalue weighted by atomic mass is 14.8. The van der Waals surface area contributed by atoms with E-state index < -0.39 is 0 Å². The van der Waals surface area contributed by atoms with Crippen LogP contribution in [0.2, 0.25) is 0 Å². The smallest absolute Gasteiger partial charge is 0.0745 e. The van der Waals surface area contributed by atoms with Gasteiger partial charge in [0.05, 0.1) is 6.04 Å². The topological polar surface area (TPSA) is 12.4 Å². The van der Waals surface area contributed by atoms with Crippen molar-refractivity contribution in [2.75, 3.05) is 0 Å². The molecule has 1 atom stereocenters. The third-order valence-electron chi connectivity index (χ3n) is 2.85. The number of nitrogens with zero attached hydrogens (tertiary/aromatic N) is 1. The van der Waals surface area contributed by atoms with Crippen LogP contribution in [0.5, 0.6) is 0 Å². The van der Waals surface area contributed by atoms with E-state index in [1.165, 1.54) is 18.4 Å². The Kier molecular flexibility index (Phi) is 2.40. The lowest BCUT2D eigenvalue weighted by Crippen LogP contribution is -2.19. The molecule has 0 fully saturated rings. The summed E-state index contributed by atoms with van der Waals surface area (Å²) in [4.78, 5) is 4.63. The highest BCUT2D eigenvalue weighted by Crippen LogP contribution is 2.33. The molecule has 1 aliphatic heterocycles. The summed E-state index contributed by atoms with van der Waals surface area (Å²) >= 11 is 0. The molecule has 14 heavy (non-hydrogen) atoms. The molecule has 1 aromatic rings. The van der Waals surface area contributed by atoms with E-state index in [4.69, 9.17) is 0 Å². The van der Waals surface area contributed by atoms with Gasteiger partial charge in [0.15, 0.2) is 0 Å². The monoisotopic (exact) mass is 187 g/mol. The van der Waals surface area contributed by atoms with Crippen molar-refractivity contribution in [1.82, 2.24) is 0 Å². The van der Waals surface area contributed by atoms with Crippen molar-refractivity contribution in [1.29, 1.82) is 0 Å². The van der Waals surface area contributed by atoms with Gasteiger partial charge < -0.3 is 0 Å². The predicted molar refractivity (Wildman–Crippen MR) is 60.7 cm³/mol. The van der Waals surface area contributed by atoms with Crippen LogP contribution in [0.4, 0.5) is 0 Å². The third-order valence-corrected chi connectivity index (χ3v) is 2.85. The van der Waals surface area contributed by atoms with Crippen LogP contribution in [0.1, 0.15) is 38.3 Å². The van der Waals surface area contributed by atoms with Gasteiger partial charge in [-0.2, -0.15) is 0 Å². The van der Waals surface area contributed by atoms with Crippen molar-refractivity contribution < 1.29 is 0 Å². The number of aliphatic imine (C=N–C) groups is 1. The van der Waals surface area contributed by atoms with Gasteiger partial charge in [0, 0.05) is 6.21 Å². The molecule has 1 aliphatic rings. The fourth-order valence-corrected chi connectivity index (χ4v) is 1.87. The average Bonchev–Trinajstić information content (AvgIpc) is 2.19. The normalized spacial score (nSPS) is 24.9. The van der Waals surface area contributed by atoms with Gasteiger partial charge in [-0.05, 0) is 23.8 Å². The lowest BCUT2D eigenvalue weighted by molar-refractivity contribution is 0.411. The van der Waals surface area contributed by atoms with E-state index in [2.05, 4.69) is 55.4 Å². The van der Waals surface area contributed by atoms with Crippen LogP contribution in [-0.4, -0.2) is 6.21 Å². The molecular weight excluding hydrogens is 170 g/mol. The zero-order chi connectivity index (χ0) is 10.0. The van der Waals surface area contributed by atoms with Crippen molar-refractivity contribution in [2.24, 2.45) is 10.4 Å². The molecule has 0 saturated carbocycles. The molecule has 1 nitrogen and oxygen atoms in total. The summed E-state index contributed by atoms with van der Waals surface area (Å²) in [6.45, 7) is 4.50. The summed E-state index contributed by atoms with van der Waals surface area (Å²) in [5, 5.41) is 0. The zero-order valence-corrected chi connectivity index (χ0v) is 8.90. The summed E-state index contributed by atoms with van der Waals surface area (Å²) in [5.74, 6) is 0. The lowest BCUT2D eigenvalue weighted by atomic mass is 9.83. The molecule has 0 unspecified atom stereocenters. The minimum atomic E-state index is 0.297. The van der Waals surface area contributed by atoms with E-state index in [9.17, 15) is 0 Å². The van der Waals surface area contributed by atoms with Crippen molar-refractivity contribution in [2.45, 2.75) is 32.7 Å². The molecule has 0 radical (unpaired) electrons. The average molecular weight is 187 g/mol. The number of rotatable bonds is 1. The quantitative estimate of drug-likeness (QED) is 0.636. The van der Waals surface area contributed by atoms with Crippen LogP contribution < -0.4 is 0 Å². The zero-order valence-electron chi connectivity index (χ0n) is 8.90. The minimum absolute atomic E-state index is 0.297. The van der Waals surface area contributed by atoms with Crippen LogP contribution in [0.15, 0.2) is 35.3 Å². The van der Waals surface area contributed by atoms with Crippen LogP contribution in [0, 0.1) is 5.41 Å². The third kappa shape index (κ3) is 2.03. The molecule has 0 aromatic heterocycles. The first-order valence-electron chi connectivity index (χ1n) is 5.27. The Bertz CT molecular complexity index is 324. The Morgan fingerprint density at radius 1 is 1.21 bits per heavy atom. The van der Waals surface area contributed by atoms with Gasteiger partial charge in [0.25, 0.3) is 0 Å². The highest BCUT2D eigenvalue weighted by Gasteiger charge is 2.23. The Labute approximate surface area is 85.9 Å². The summed E-state index contributed by atoms with van der Waals surface area (Å²) in [6.07, 6.45) is 4.53. The predicted octanol–water partition coefficient (Wildman–Crippen LogP) is 3.62. The molecule has 74 valence electrons. The van der Waals surface area contributed by atoms with Crippen molar-refractivity contribution >= 4 is 6.21 Å². The standard InChI is InChI=1S/C13H17N/c1-13(2)9-8-12(14-10-13)11-6-4-3-5-7-11/h3-7,10,12H,8-9H2,1-2H3/t12-/m1/s1. The fourth-order valence-electron chi connectivity index (χ4n) is 1.87. The molecule has 0 bridgehead atoms. The maximum atomic E-state index is 4.63. The molecule has 1 heteroatoms. The van der Waals surface area contributed by atoms with Crippen LogP contribution in [0.3, 0.4) is 0 Å². The number of hydrogen-bond donors (Lipinski definition) is 0. The molecule has 2 rings (SSSR count). The first-order chi connectivity index (χ1) is 6.67. The Morgan fingerprint density at radius 3 is 2.50 bits per heavy atom. The minimum Gasteiger partial charge on any atom is -0.289 e. The van der Waals surface area contributed by atoms with Crippen molar-refractivity contribution in [3.63, 3.8) is 0 Å². The molecule has 0 saturated heterocycles. The molecule has 0 aliphatic carbocycles. The van der Waals surface area contributed by atoms with E-state index in [0.29, 0.717) is 11.5 Å². The molecular formula is C13H17N. The van der Waals surface area contributed by atoms with Gasteiger partial charge in [-0.15, -0.1) is 0 Å². The second-order valence-corrected chi connectivity index (χ2v) is 4.73.